The Labute approximate surface area is 122 Å². The summed E-state index contributed by atoms with van der Waals surface area (Å²) in [5.41, 5.74) is 4.05. The van der Waals surface area contributed by atoms with Crippen LogP contribution >= 0.6 is 0 Å². The molecule has 2 rings (SSSR count). The van der Waals surface area contributed by atoms with E-state index in [1.54, 1.807) is 6.20 Å². The fourth-order valence-electron chi connectivity index (χ4n) is 3.50. The zero-order chi connectivity index (χ0) is 14.8. The molecule has 0 aliphatic carbocycles. The van der Waals surface area contributed by atoms with Gasteiger partial charge in [-0.15, -0.1) is 0 Å². The van der Waals surface area contributed by atoms with Crippen molar-refractivity contribution in [1.82, 2.24) is 10.4 Å². The average Bonchev–Trinajstić information content (AvgIpc) is 2.60. The lowest BCUT2D eigenvalue weighted by Crippen LogP contribution is -2.47. The molecule has 0 saturated carbocycles. The van der Waals surface area contributed by atoms with Crippen LogP contribution in [0.4, 0.5) is 0 Å². The van der Waals surface area contributed by atoms with Crippen LogP contribution in [0, 0.1) is 5.92 Å². The molecular weight excluding hydrogens is 250 g/mol. The van der Waals surface area contributed by atoms with Crippen LogP contribution in [-0.4, -0.2) is 22.2 Å². The summed E-state index contributed by atoms with van der Waals surface area (Å²) in [5.74, 6) is 6.22. The molecule has 1 aliphatic heterocycles. The minimum atomic E-state index is -0.143. The normalized spacial score (nSPS) is 25.6. The summed E-state index contributed by atoms with van der Waals surface area (Å²) in [6.45, 7) is 8.65. The van der Waals surface area contributed by atoms with E-state index >= 15 is 0 Å². The van der Waals surface area contributed by atoms with Crippen LogP contribution in [0.1, 0.15) is 46.1 Å². The molecule has 0 bridgehead atoms. The summed E-state index contributed by atoms with van der Waals surface area (Å²) in [5, 5.41) is 0. The zero-order valence-electron chi connectivity index (χ0n) is 13.0. The first-order valence-electron chi connectivity index (χ1n) is 7.39. The van der Waals surface area contributed by atoms with Gasteiger partial charge in [-0.2, -0.15) is 0 Å². The molecule has 1 aromatic heterocycles. The molecule has 0 amide bonds. The lowest BCUT2D eigenvalue weighted by atomic mass is 9.80. The SMILES string of the molecule is CC1(C)CC(C(CCc2cccnc2)NN)C(C)(C)O1. The maximum Gasteiger partial charge on any atom is 0.0678 e. The first kappa shape index (κ1) is 15.4. The molecule has 2 unspecified atom stereocenters. The molecule has 0 aromatic carbocycles. The van der Waals surface area contributed by atoms with E-state index in [2.05, 4.69) is 44.2 Å². The number of aryl methyl sites for hydroxylation is 1. The van der Waals surface area contributed by atoms with E-state index in [4.69, 9.17) is 10.6 Å². The van der Waals surface area contributed by atoms with Gasteiger partial charge in [-0.1, -0.05) is 6.07 Å². The Bertz CT molecular complexity index is 431. The highest BCUT2D eigenvalue weighted by Crippen LogP contribution is 2.44. The molecular formula is C16H27N3O. The van der Waals surface area contributed by atoms with Crippen LogP contribution < -0.4 is 11.3 Å². The molecule has 2 heterocycles. The number of rotatable bonds is 5. The van der Waals surface area contributed by atoms with Gasteiger partial charge in [-0.05, 0) is 58.6 Å². The Morgan fingerprint density at radius 2 is 2.20 bits per heavy atom. The summed E-state index contributed by atoms with van der Waals surface area (Å²) >= 11 is 0. The summed E-state index contributed by atoms with van der Waals surface area (Å²) in [6, 6.07) is 4.35. The van der Waals surface area contributed by atoms with Crippen LogP contribution in [0.2, 0.25) is 0 Å². The Morgan fingerprint density at radius 3 is 2.70 bits per heavy atom. The second kappa shape index (κ2) is 5.80. The van der Waals surface area contributed by atoms with Gasteiger partial charge >= 0.3 is 0 Å². The van der Waals surface area contributed by atoms with Crippen molar-refractivity contribution in [3.05, 3.63) is 30.1 Å². The van der Waals surface area contributed by atoms with Crippen molar-refractivity contribution in [1.29, 1.82) is 0 Å². The first-order chi connectivity index (χ1) is 9.34. The van der Waals surface area contributed by atoms with Crippen molar-refractivity contribution >= 4 is 0 Å². The van der Waals surface area contributed by atoms with Gasteiger partial charge in [-0.3, -0.25) is 16.3 Å². The summed E-state index contributed by atoms with van der Waals surface area (Å²) in [7, 11) is 0. The highest BCUT2D eigenvalue weighted by Gasteiger charge is 2.48. The number of ether oxygens (including phenoxy) is 1. The number of pyridine rings is 1. The van der Waals surface area contributed by atoms with Crippen molar-refractivity contribution in [2.75, 3.05) is 0 Å². The predicted molar refractivity (Wildman–Crippen MR) is 81.0 cm³/mol. The van der Waals surface area contributed by atoms with Gasteiger partial charge in [0.1, 0.15) is 0 Å². The molecule has 0 radical (unpaired) electrons. The second-order valence-electron chi connectivity index (χ2n) is 6.95. The fraction of sp³-hybridized carbons (Fsp3) is 0.688. The van der Waals surface area contributed by atoms with E-state index in [0.717, 1.165) is 19.3 Å². The van der Waals surface area contributed by atoms with Gasteiger partial charge in [0.25, 0.3) is 0 Å². The monoisotopic (exact) mass is 277 g/mol. The Hall–Kier alpha value is -0.970. The van der Waals surface area contributed by atoms with Crippen LogP contribution in [-0.2, 0) is 11.2 Å². The minimum Gasteiger partial charge on any atom is -0.369 e. The third-order valence-corrected chi connectivity index (χ3v) is 4.31. The summed E-state index contributed by atoms with van der Waals surface area (Å²) in [4.78, 5) is 4.16. The van der Waals surface area contributed by atoms with Gasteiger partial charge in [0, 0.05) is 24.4 Å². The molecule has 2 atom stereocenters. The van der Waals surface area contributed by atoms with Crippen LogP contribution in [0.15, 0.2) is 24.5 Å². The molecule has 1 saturated heterocycles. The summed E-state index contributed by atoms with van der Waals surface area (Å²) < 4.78 is 6.18. The molecule has 1 aromatic rings. The number of nitrogens with one attached hydrogen (secondary N) is 1. The van der Waals surface area contributed by atoms with E-state index in [0.29, 0.717) is 5.92 Å². The molecule has 1 fully saturated rings. The quantitative estimate of drug-likeness (QED) is 0.641. The van der Waals surface area contributed by atoms with E-state index in [9.17, 15) is 0 Å². The van der Waals surface area contributed by atoms with Gasteiger partial charge in [0.05, 0.1) is 11.2 Å². The maximum absolute atomic E-state index is 6.18. The third-order valence-electron chi connectivity index (χ3n) is 4.31. The third kappa shape index (κ3) is 3.57. The summed E-state index contributed by atoms with van der Waals surface area (Å²) in [6.07, 6.45) is 6.74. The average molecular weight is 277 g/mol. The van der Waals surface area contributed by atoms with Gasteiger partial charge < -0.3 is 4.74 Å². The van der Waals surface area contributed by atoms with E-state index in [1.807, 2.05) is 12.3 Å². The standard InChI is InChI=1S/C16H27N3O/c1-15(2)10-13(16(3,4)20-15)14(19-17)8-7-12-6-5-9-18-11-12/h5-6,9,11,13-14,19H,7-8,10,17H2,1-4H3. The van der Waals surface area contributed by atoms with Gasteiger partial charge in [0.2, 0.25) is 0 Å². The topological polar surface area (TPSA) is 60.2 Å². The Morgan fingerprint density at radius 1 is 1.45 bits per heavy atom. The number of hydrogen-bond acceptors (Lipinski definition) is 4. The number of hydrazine groups is 1. The predicted octanol–water partition coefficient (Wildman–Crippen LogP) is 2.44. The van der Waals surface area contributed by atoms with E-state index in [-0.39, 0.29) is 17.2 Å². The molecule has 4 heteroatoms. The van der Waals surface area contributed by atoms with Crippen molar-refractivity contribution in [2.45, 2.75) is 64.2 Å². The van der Waals surface area contributed by atoms with Crippen molar-refractivity contribution < 1.29 is 4.74 Å². The first-order valence-corrected chi connectivity index (χ1v) is 7.39. The molecule has 20 heavy (non-hydrogen) atoms. The zero-order valence-corrected chi connectivity index (χ0v) is 13.0. The molecule has 3 N–H and O–H groups in total. The van der Waals surface area contributed by atoms with E-state index < -0.39 is 0 Å². The van der Waals surface area contributed by atoms with Crippen molar-refractivity contribution in [2.24, 2.45) is 11.8 Å². The number of nitrogens with zero attached hydrogens (tertiary/aromatic N) is 1. The largest absolute Gasteiger partial charge is 0.369 e. The van der Waals surface area contributed by atoms with Gasteiger partial charge in [0.15, 0.2) is 0 Å². The molecule has 112 valence electrons. The van der Waals surface area contributed by atoms with Gasteiger partial charge in [-0.25, -0.2) is 0 Å². The maximum atomic E-state index is 6.18. The number of nitrogens with two attached hydrogens (primary N) is 1. The highest BCUT2D eigenvalue weighted by atomic mass is 16.5. The Balaban J connectivity index is 2.01. The van der Waals surface area contributed by atoms with E-state index in [1.165, 1.54) is 5.56 Å². The second-order valence-corrected chi connectivity index (χ2v) is 6.95. The Kier molecular flexibility index (Phi) is 4.47. The van der Waals surface area contributed by atoms with Crippen LogP contribution in [0.5, 0.6) is 0 Å². The highest BCUT2D eigenvalue weighted by molar-refractivity contribution is 5.09. The number of aromatic nitrogens is 1. The van der Waals surface area contributed by atoms with Crippen LogP contribution in [0.3, 0.4) is 0 Å². The molecule has 4 nitrogen and oxygen atoms in total. The van der Waals surface area contributed by atoms with Crippen molar-refractivity contribution in [3.8, 4) is 0 Å². The lowest BCUT2D eigenvalue weighted by Gasteiger charge is -2.32. The number of hydrogen-bond donors (Lipinski definition) is 2. The smallest absolute Gasteiger partial charge is 0.0678 e. The molecule has 1 aliphatic rings. The molecule has 0 spiro atoms. The fourth-order valence-corrected chi connectivity index (χ4v) is 3.50. The minimum absolute atomic E-state index is 0.0719. The lowest BCUT2D eigenvalue weighted by molar-refractivity contribution is -0.0779. The van der Waals surface area contributed by atoms with Crippen LogP contribution in [0.25, 0.3) is 0 Å². The van der Waals surface area contributed by atoms with Crippen molar-refractivity contribution in [3.63, 3.8) is 0 Å².